The highest BCUT2D eigenvalue weighted by molar-refractivity contribution is 5.94. The van der Waals surface area contributed by atoms with Gasteiger partial charge in [-0.2, -0.15) is 5.10 Å². The number of imidazole rings is 1. The molecular weight excluding hydrogens is 506 g/mol. The van der Waals surface area contributed by atoms with Crippen LogP contribution in [0.4, 0.5) is 0 Å². The topological polar surface area (TPSA) is 125 Å². The van der Waals surface area contributed by atoms with Crippen LogP contribution in [-0.2, 0) is 24.2 Å². The zero-order valence-electron chi connectivity index (χ0n) is 23.3. The maximum Gasteiger partial charge on any atom is 0.240 e. The van der Waals surface area contributed by atoms with Crippen LogP contribution in [0.25, 0.3) is 33.5 Å². The lowest BCUT2D eigenvalue weighted by atomic mass is 9.97. The molecule has 10 heteroatoms. The van der Waals surface area contributed by atoms with Crippen molar-refractivity contribution in [3.05, 3.63) is 53.3 Å². The number of carbonyl (C=O) groups is 1. The van der Waals surface area contributed by atoms with Crippen molar-refractivity contribution in [1.82, 2.24) is 34.9 Å². The van der Waals surface area contributed by atoms with Crippen LogP contribution in [0, 0.1) is 0 Å². The fourth-order valence-electron chi connectivity index (χ4n) is 6.25. The van der Waals surface area contributed by atoms with E-state index in [0.717, 1.165) is 64.2 Å². The Labute approximate surface area is 233 Å². The lowest BCUT2D eigenvalue weighted by molar-refractivity contribution is -0.141. The molecule has 1 amide bonds. The highest BCUT2D eigenvalue weighted by Crippen LogP contribution is 2.33. The first kappa shape index (κ1) is 26.5. The number of nitrogens with one attached hydrogen (secondary N) is 2. The highest BCUT2D eigenvalue weighted by atomic mass is 16.3. The average molecular weight is 544 g/mol. The molecule has 6 rings (SSSR count). The number of aromatic hydroxyl groups is 1. The Morgan fingerprint density at radius 3 is 2.80 bits per heavy atom. The summed E-state index contributed by atoms with van der Waals surface area (Å²) in [5.41, 5.74) is 6.86. The maximum absolute atomic E-state index is 13.6. The zero-order valence-corrected chi connectivity index (χ0v) is 23.3. The number of aromatic nitrogens is 4. The van der Waals surface area contributed by atoms with E-state index in [4.69, 9.17) is 4.98 Å². The Kier molecular flexibility index (Phi) is 7.07. The molecule has 0 radical (unpaired) electrons. The molecule has 2 aliphatic heterocycles. The van der Waals surface area contributed by atoms with Gasteiger partial charge in [0.05, 0.1) is 29.6 Å². The van der Waals surface area contributed by atoms with Crippen LogP contribution in [0.2, 0.25) is 0 Å². The summed E-state index contributed by atoms with van der Waals surface area (Å²) in [6.07, 6.45) is 1.38. The summed E-state index contributed by atoms with van der Waals surface area (Å²) in [7, 11) is 2.00. The van der Waals surface area contributed by atoms with E-state index in [1.807, 2.05) is 24.1 Å². The number of aliphatic hydroxyl groups excluding tert-OH is 1. The van der Waals surface area contributed by atoms with Gasteiger partial charge in [0.2, 0.25) is 5.91 Å². The van der Waals surface area contributed by atoms with E-state index in [2.05, 4.69) is 57.0 Å². The minimum atomic E-state index is -0.257. The minimum absolute atomic E-state index is 0.104. The smallest absolute Gasteiger partial charge is 0.240 e. The summed E-state index contributed by atoms with van der Waals surface area (Å²) in [5.74, 6) is 1.12. The monoisotopic (exact) mass is 543 g/mol. The minimum Gasteiger partial charge on any atom is -0.508 e. The van der Waals surface area contributed by atoms with Gasteiger partial charge in [0.1, 0.15) is 11.4 Å². The summed E-state index contributed by atoms with van der Waals surface area (Å²) in [5, 5.41) is 27.9. The molecular formula is C30H37N7O3. The normalized spacial score (nSPS) is 20.2. The van der Waals surface area contributed by atoms with Crippen LogP contribution < -0.4 is 0 Å². The Morgan fingerprint density at radius 2 is 2.02 bits per heavy atom. The predicted molar refractivity (Wildman–Crippen MR) is 154 cm³/mol. The van der Waals surface area contributed by atoms with Gasteiger partial charge in [-0.1, -0.05) is 19.1 Å². The number of aromatic amines is 2. The van der Waals surface area contributed by atoms with Gasteiger partial charge in [0.15, 0.2) is 5.82 Å². The number of carbonyl (C=O) groups excluding carboxylic acids is 1. The second kappa shape index (κ2) is 10.7. The molecule has 0 spiro atoms. The number of phenolic OH excluding ortho intramolecular Hbond substituents is 1. The summed E-state index contributed by atoms with van der Waals surface area (Å²) in [4.78, 5) is 28.3. The average Bonchev–Trinajstić information content (AvgIpc) is 3.55. The van der Waals surface area contributed by atoms with Gasteiger partial charge in [-0.3, -0.25) is 19.7 Å². The third-order valence-corrected chi connectivity index (χ3v) is 8.45. The third kappa shape index (κ3) is 4.76. The van der Waals surface area contributed by atoms with Crippen LogP contribution in [0.5, 0.6) is 5.75 Å². The standard InChI is InChI=1S/C30H37N7O3/c1-4-19-13-21(39)6-8-22(19)20-5-7-23-24(14-20)33-34-28(23)29-31-25-15-27(35(3)17-26(25)32-29)30(40)37-10-9-36(11-12-38)16-18(37)2/h5-8,13-14,18,27,38-39H,4,9-12,15-17H2,1-3H3,(H,31,32)(H,33,34). The lowest BCUT2D eigenvalue weighted by Crippen LogP contribution is -2.59. The van der Waals surface area contributed by atoms with Crippen molar-refractivity contribution in [2.24, 2.45) is 0 Å². The summed E-state index contributed by atoms with van der Waals surface area (Å²) >= 11 is 0. The van der Waals surface area contributed by atoms with E-state index in [1.165, 1.54) is 0 Å². The van der Waals surface area contributed by atoms with E-state index in [1.54, 1.807) is 6.07 Å². The molecule has 0 aliphatic carbocycles. The number of rotatable bonds is 6. The molecule has 4 heterocycles. The van der Waals surface area contributed by atoms with E-state index >= 15 is 0 Å². The first-order chi connectivity index (χ1) is 19.4. The highest BCUT2D eigenvalue weighted by Gasteiger charge is 2.37. The molecule has 10 nitrogen and oxygen atoms in total. The quantitative estimate of drug-likeness (QED) is 0.295. The lowest BCUT2D eigenvalue weighted by Gasteiger charge is -2.43. The molecule has 1 fully saturated rings. The number of piperazine rings is 1. The van der Waals surface area contributed by atoms with Crippen molar-refractivity contribution in [3.8, 4) is 28.4 Å². The van der Waals surface area contributed by atoms with E-state index in [-0.39, 0.29) is 30.3 Å². The van der Waals surface area contributed by atoms with Gasteiger partial charge in [-0.05, 0) is 61.3 Å². The van der Waals surface area contributed by atoms with Crippen LogP contribution in [0.3, 0.4) is 0 Å². The number of H-pyrrole nitrogens is 2. The molecule has 2 aliphatic rings. The van der Waals surface area contributed by atoms with Crippen LogP contribution in [-0.4, -0.2) is 103 Å². The summed E-state index contributed by atoms with van der Waals surface area (Å²) in [6, 6.07) is 11.6. The number of fused-ring (bicyclic) bond motifs is 2. The first-order valence-electron chi connectivity index (χ1n) is 14.1. The number of hydrogen-bond acceptors (Lipinski definition) is 7. The molecule has 4 aromatic rings. The SMILES string of the molecule is CCc1cc(O)ccc1-c1ccc2c(-c3nc4c([nH]3)CN(C)C(C(=O)N3CCN(CCO)CC3C)C4)n[nH]c2c1. The number of likely N-dealkylation sites (N-methyl/N-ethyl adjacent to an activating group) is 1. The molecule has 0 saturated carbocycles. The van der Waals surface area contributed by atoms with Crippen molar-refractivity contribution < 1.29 is 15.0 Å². The van der Waals surface area contributed by atoms with Gasteiger partial charge >= 0.3 is 0 Å². The third-order valence-electron chi connectivity index (χ3n) is 8.45. The van der Waals surface area contributed by atoms with Crippen molar-refractivity contribution >= 4 is 16.8 Å². The maximum atomic E-state index is 13.6. The molecule has 0 bridgehead atoms. The Morgan fingerprint density at radius 1 is 1.18 bits per heavy atom. The fraction of sp³-hybridized carbons (Fsp3) is 0.433. The summed E-state index contributed by atoms with van der Waals surface area (Å²) in [6.45, 7) is 7.81. The second-order valence-electron chi connectivity index (χ2n) is 11.1. The van der Waals surface area contributed by atoms with Crippen molar-refractivity contribution in [3.63, 3.8) is 0 Å². The largest absolute Gasteiger partial charge is 0.508 e. The van der Waals surface area contributed by atoms with Crippen LogP contribution in [0.1, 0.15) is 30.8 Å². The predicted octanol–water partition coefficient (Wildman–Crippen LogP) is 2.77. The number of phenols is 1. The van der Waals surface area contributed by atoms with Gasteiger partial charge < -0.3 is 20.1 Å². The molecule has 4 N–H and O–H groups in total. The van der Waals surface area contributed by atoms with E-state index < -0.39 is 0 Å². The number of β-amino-alcohol motifs (C(OH)–C–C–N with tert-alkyl or cyclic N) is 1. The number of nitrogens with zero attached hydrogens (tertiary/aromatic N) is 5. The molecule has 1 saturated heterocycles. The summed E-state index contributed by atoms with van der Waals surface area (Å²) < 4.78 is 0. The molecule has 2 aromatic carbocycles. The number of amides is 1. The van der Waals surface area contributed by atoms with Gasteiger partial charge in [-0.25, -0.2) is 4.98 Å². The fourth-order valence-corrected chi connectivity index (χ4v) is 6.25. The first-order valence-corrected chi connectivity index (χ1v) is 14.1. The molecule has 2 unspecified atom stereocenters. The number of benzene rings is 2. The zero-order chi connectivity index (χ0) is 28.0. The Hall–Kier alpha value is -3.73. The number of aryl methyl sites for hydroxylation is 1. The van der Waals surface area contributed by atoms with Crippen LogP contribution in [0.15, 0.2) is 36.4 Å². The molecule has 2 aromatic heterocycles. The second-order valence-corrected chi connectivity index (χ2v) is 11.1. The number of hydrogen-bond donors (Lipinski definition) is 4. The van der Waals surface area contributed by atoms with Crippen LogP contribution >= 0.6 is 0 Å². The Balaban J connectivity index is 1.23. The molecule has 40 heavy (non-hydrogen) atoms. The van der Waals surface area contributed by atoms with Crippen molar-refractivity contribution in [1.29, 1.82) is 0 Å². The van der Waals surface area contributed by atoms with Crippen molar-refractivity contribution in [2.75, 3.05) is 39.8 Å². The Bertz CT molecular complexity index is 1540. The molecule has 2 atom stereocenters. The van der Waals surface area contributed by atoms with Crippen molar-refractivity contribution in [2.45, 2.75) is 45.3 Å². The van der Waals surface area contributed by atoms with E-state index in [0.29, 0.717) is 31.9 Å². The number of aliphatic hydroxyl groups is 1. The van der Waals surface area contributed by atoms with E-state index in [9.17, 15) is 15.0 Å². The molecule has 210 valence electrons. The van der Waals surface area contributed by atoms with Gasteiger partial charge in [0, 0.05) is 50.6 Å². The van der Waals surface area contributed by atoms with Gasteiger partial charge in [-0.15, -0.1) is 0 Å². The van der Waals surface area contributed by atoms with Gasteiger partial charge in [0.25, 0.3) is 0 Å².